The topological polar surface area (TPSA) is 0 Å². The van der Waals surface area contributed by atoms with Crippen molar-refractivity contribution >= 4 is 0 Å². The Labute approximate surface area is 56.6 Å². The summed E-state index contributed by atoms with van der Waals surface area (Å²) < 4.78 is 0. The Morgan fingerprint density at radius 1 is 1.22 bits per heavy atom. The zero-order chi connectivity index (χ0) is 6.53. The minimum absolute atomic E-state index is 1.19. The van der Waals surface area contributed by atoms with Crippen LogP contribution in [0.5, 0.6) is 0 Å². The van der Waals surface area contributed by atoms with Crippen molar-refractivity contribution in [3.8, 4) is 0 Å². The average molecular weight is 120 g/mol. The molecular weight excluding hydrogens is 108 g/mol. The Hall–Kier alpha value is -0.780. The van der Waals surface area contributed by atoms with Gasteiger partial charge >= 0.3 is 0 Å². The minimum atomic E-state index is 1.19. The first kappa shape index (κ1) is 6.34. The molecule has 0 aromatic carbocycles. The number of hydrogen-bond donors (Lipinski definition) is 0. The van der Waals surface area contributed by atoms with Gasteiger partial charge in [-0.1, -0.05) is 36.0 Å². The molecule has 0 radical (unpaired) electrons. The summed E-state index contributed by atoms with van der Waals surface area (Å²) in [5, 5.41) is 0. The maximum Gasteiger partial charge on any atom is -0.0285 e. The van der Waals surface area contributed by atoms with Crippen LogP contribution >= 0.6 is 0 Å². The third-order valence-corrected chi connectivity index (χ3v) is 1.44. The smallest absolute Gasteiger partial charge is 0.0285 e. The van der Waals surface area contributed by atoms with Gasteiger partial charge in [-0.25, -0.2) is 0 Å². The zero-order valence-corrected chi connectivity index (χ0v) is 5.80. The van der Waals surface area contributed by atoms with Crippen LogP contribution in [0.1, 0.15) is 19.8 Å². The lowest BCUT2D eigenvalue weighted by Gasteiger charge is -1.96. The molecule has 0 aromatic heterocycles. The summed E-state index contributed by atoms with van der Waals surface area (Å²) in [5.41, 5.74) is 1.47. The SMILES string of the molecule is CC1=CC=CC=CCC1. The van der Waals surface area contributed by atoms with Gasteiger partial charge in [0.05, 0.1) is 0 Å². The fourth-order valence-corrected chi connectivity index (χ4v) is 0.853. The summed E-state index contributed by atoms with van der Waals surface area (Å²) in [6.07, 6.45) is 13.0. The first-order valence-electron chi connectivity index (χ1n) is 3.38. The zero-order valence-electron chi connectivity index (χ0n) is 5.80. The lowest BCUT2D eigenvalue weighted by molar-refractivity contribution is 0.976. The second kappa shape index (κ2) is 3.29. The van der Waals surface area contributed by atoms with Gasteiger partial charge in [0.25, 0.3) is 0 Å². The molecule has 0 spiro atoms. The second-order valence-electron chi connectivity index (χ2n) is 2.36. The highest BCUT2D eigenvalue weighted by molar-refractivity contribution is 5.18. The molecule has 0 aromatic rings. The fourth-order valence-electron chi connectivity index (χ4n) is 0.853. The lowest BCUT2D eigenvalue weighted by Crippen LogP contribution is -1.75. The van der Waals surface area contributed by atoms with Crippen molar-refractivity contribution < 1.29 is 0 Å². The minimum Gasteiger partial charge on any atom is -0.0842 e. The maximum absolute atomic E-state index is 2.20. The van der Waals surface area contributed by atoms with Crippen molar-refractivity contribution in [3.05, 3.63) is 36.0 Å². The molecule has 0 bridgehead atoms. The molecule has 0 atom stereocenters. The van der Waals surface area contributed by atoms with Crippen LogP contribution in [0.2, 0.25) is 0 Å². The van der Waals surface area contributed by atoms with E-state index in [1.165, 1.54) is 18.4 Å². The van der Waals surface area contributed by atoms with E-state index in [0.717, 1.165) is 0 Å². The Morgan fingerprint density at radius 3 is 3.00 bits per heavy atom. The Bertz CT molecular complexity index is 159. The van der Waals surface area contributed by atoms with Crippen LogP contribution in [0, 0.1) is 0 Å². The molecule has 0 saturated carbocycles. The normalized spacial score (nSPS) is 18.6. The van der Waals surface area contributed by atoms with Crippen LogP contribution < -0.4 is 0 Å². The van der Waals surface area contributed by atoms with E-state index in [9.17, 15) is 0 Å². The summed E-state index contributed by atoms with van der Waals surface area (Å²) in [5.74, 6) is 0. The molecule has 1 aliphatic rings. The quantitative estimate of drug-likeness (QED) is 0.461. The lowest BCUT2D eigenvalue weighted by atomic mass is 10.1. The second-order valence-corrected chi connectivity index (χ2v) is 2.36. The summed E-state index contributed by atoms with van der Waals surface area (Å²) >= 11 is 0. The van der Waals surface area contributed by atoms with Gasteiger partial charge in [-0.15, -0.1) is 0 Å². The highest BCUT2D eigenvalue weighted by atomic mass is 13.9. The van der Waals surface area contributed by atoms with E-state index >= 15 is 0 Å². The molecule has 1 rings (SSSR count). The van der Waals surface area contributed by atoms with Crippen LogP contribution in [0.25, 0.3) is 0 Å². The molecule has 0 fully saturated rings. The molecular formula is C9H12. The third-order valence-electron chi connectivity index (χ3n) is 1.44. The molecule has 48 valence electrons. The highest BCUT2D eigenvalue weighted by Crippen LogP contribution is 2.06. The fraction of sp³-hybridized carbons (Fsp3) is 0.333. The molecule has 0 heterocycles. The monoisotopic (exact) mass is 120 g/mol. The van der Waals surface area contributed by atoms with E-state index in [1.807, 2.05) is 0 Å². The van der Waals surface area contributed by atoms with Crippen LogP contribution in [0.4, 0.5) is 0 Å². The van der Waals surface area contributed by atoms with E-state index in [2.05, 4.69) is 37.3 Å². The predicted octanol–water partition coefficient (Wildman–Crippen LogP) is 2.84. The van der Waals surface area contributed by atoms with Crippen molar-refractivity contribution in [2.75, 3.05) is 0 Å². The molecule has 0 N–H and O–H groups in total. The van der Waals surface area contributed by atoms with Crippen molar-refractivity contribution in [2.24, 2.45) is 0 Å². The Balaban J connectivity index is 2.62. The summed E-state index contributed by atoms with van der Waals surface area (Å²) in [6, 6.07) is 0. The molecule has 1 aliphatic carbocycles. The Kier molecular flexibility index (Phi) is 2.32. The van der Waals surface area contributed by atoms with Crippen LogP contribution in [-0.4, -0.2) is 0 Å². The number of allylic oxidation sites excluding steroid dienone is 6. The van der Waals surface area contributed by atoms with E-state index in [-0.39, 0.29) is 0 Å². The van der Waals surface area contributed by atoms with Gasteiger partial charge in [0, 0.05) is 0 Å². The van der Waals surface area contributed by atoms with Gasteiger partial charge in [-0.2, -0.15) is 0 Å². The highest BCUT2D eigenvalue weighted by Gasteiger charge is 1.86. The molecule has 9 heavy (non-hydrogen) atoms. The van der Waals surface area contributed by atoms with Gasteiger partial charge in [-0.05, 0) is 19.8 Å². The largest absolute Gasteiger partial charge is 0.0842 e. The summed E-state index contributed by atoms with van der Waals surface area (Å²) in [7, 11) is 0. The Morgan fingerprint density at radius 2 is 2.11 bits per heavy atom. The first-order chi connectivity index (χ1) is 4.39. The number of hydrogen-bond acceptors (Lipinski definition) is 0. The van der Waals surface area contributed by atoms with Crippen molar-refractivity contribution in [3.63, 3.8) is 0 Å². The van der Waals surface area contributed by atoms with Crippen molar-refractivity contribution in [1.82, 2.24) is 0 Å². The molecule has 0 heteroatoms. The van der Waals surface area contributed by atoms with E-state index in [4.69, 9.17) is 0 Å². The van der Waals surface area contributed by atoms with Gasteiger partial charge in [0.2, 0.25) is 0 Å². The molecule has 0 aliphatic heterocycles. The maximum atomic E-state index is 2.20. The third kappa shape index (κ3) is 2.31. The number of rotatable bonds is 0. The first-order valence-corrected chi connectivity index (χ1v) is 3.38. The van der Waals surface area contributed by atoms with E-state index in [1.54, 1.807) is 0 Å². The van der Waals surface area contributed by atoms with E-state index < -0.39 is 0 Å². The summed E-state index contributed by atoms with van der Waals surface area (Å²) in [4.78, 5) is 0. The van der Waals surface area contributed by atoms with Gasteiger partial charge in [-0.3, -0.25) is 0 Å². The van der Waals surface area contributed by atoms with Gasteiger partial charge in [0.15, 0.2) is 0 Å². The average Bonchev–Trinajstić information content (AvgIpc) is 1.79. The van der Waals surface area contributed by atoms with Crippen molar-refractivity contribution in [1.29, 1.82) is 0 Å². The van der Waals surface area contributed by atoms with Gasteiger partial charge < -0.3 is 0 Å². The van der Waals surface area contributed by atoms with Crippen molar-refractivity contribution in [2.45, 2.75) is 19.8 Å². The van der Waals surface area contributed by atoms with Crippen LogP contribution in [0.3, 0.4) is 0 Å². The summed E-state index contributed by atoms with van der Waals surface area (Å²) in [6.45, 7) is 2.17. The molecule has 0 nitrogen and oxygen atoms in total. The van der Waals surface area contributed by atoms with Gasteiger partial charge in [0.1, 0.15) is 0 Å². The molecule has 0 unspecified atom stereocenters. The standard InChI is InChI=1S/C9H12/c1-9-7-5-3-2-4-6-8-9/h2-5,7H,6,8H2,1H3. The molecule has 0 amide bonds. The van der Waals surface area contributed by atoms with Crippen LogP contribution in [0.15, 0.2) is 36.0 Å². The van der Waals surface area contributed by atoms with E-state index in [0.29, 0.717) is 0 Å². The molecule has 0 saturated heterocycles. The van der Waals surface area contributed by atoms with Crippen LogP contribution in [-0.2, 0) is 0 Å². The predicted molar refractivity (Wildman–Crippen MR) is 41.3 cm³/mol.